The van der Waals surface area contributed by atoms with E-state index in [1.54, 1.807) is 17.6 Å². The number of carbonyl (C=O) groups is 2. The van der Waals surface area contributed by atoms with Crippen molar-refractivity contribution in [3.05, 3.63) is 65.2 Å². The Hall–Kier alpha value is -3.33. The van der Waals surface area contributed by atoms with Crippen LogP contribution in [0.3, 0.4) is 0 Å². The first-order valence-electron chi connectivity index (χ1n) is 10.4. The van der Waals surface area contributed by atoms with Crippen molar-refractivity contribution in [3.63, 3.8) is 0 Å². The molecule has 0 radical (unpaired) electrons. The van der Waals surface area contributed by atoms with Crippen molar-refractivity contribution in [2.45, 2.75) is 32.3 Å². The molecule has 1 fully saturated rings. The molecule has 2 aromatic carbocycles. The van der Waals surface area contributed by atoms with Crippen molar-refractivity contribution in [1.82, 2.24) is 14.7 Å². The summed E-state index contributed by atoms with van der Waals surface area (Å²) in [5, 5.41) is 2.62. The van der Waals surface area contributed by atoms with E-state index < -0.39 is 18.0 Å². The Labute approximate surface area is 189 Å². The van der Waals surface area contributed by atoms with Crippen molar-refractivity contribution >= 4 is 29.2 Å². The highest BCUT2D eigenvalue weighted by Crippen LogP contribution is 2.29. The molecule has 0 spiro atoms. The fourth-order valence-corrected chi connectivity index (χ4v) is 4.08. The number of amides is 2. The maximum absolute atomic E-state index is 14.9. The second-order valence-electron chi connectivity index (χ2n) is 7.62. The van der Waals surface area contributed by atoms with Gasteiger partial charge >= 0.3 is 6.09 Å². The average Bonchev–Trinajstić information content (AvgIpc) is 3.42. The van der Waals surface area contributed by atoms with Crippen LogP contribution in [0.4, 0.5) is 14.9 Å². The van der Waals surface area contributed by atoms with Gasteiger partial charge in [0.05, 0.1) is 18.8 Å². The molecular weight excluding hydrogens is 431 g/mol. The Balaban J connectivity index is 1.38. The lowest BCUT2D eigenvalue weighted by Crippen LogP contribution is -2.33. The third-order valence-corrected chi connectivity index (χ3v) is 5.77. The van der Waals surface area contributed by atoms with Crippen LogP contribution in [-0.2, 0) is 22.4 Å². The van der Waals surface area contributed by atoms with E-state index in [1.165, 1.54) is 35.0 Å². The van der Waals surface area contributed by atoms with Gasteiger partial charge in [-0.25, -0.2) is 14.2 Å². The summed E-state index contributed by atoms with van der Waals surface area (Å²) in [4.78, 5) is 28.8. The highest BCUT2D eigenvalue weighted by Gasteiger charge is 2.32. The smallest absolute Gasteiger partial charge is 0.414 e. The Morgan fingerprint density at radius 1 is 1.25 bits per heavy atom. The topological polar surface area (TPSA) is 84.4 Å². The van der Waals surface area contributed by atoms with Gasteiger partial charge in [0.25, 0.3) is 0 Å². The van der Waals surface area contributed by atoms with E-state index in [1.807, 2.05) is 24.3 Å². The molecule has 1 aromatic heterocycles. The van der Waals surface area contributed by atoms with Crippen molar-refractivity contribution in [2.24, 2.45) is 0 Å². The number of aromatic nitrogens is 2. The second kappa shape index (κ2) is 9.86. The number of carbonyl (C=O) groups excluding carboxylic acids is 2. The molecule has 1 saturated heterocycles. The molecule has 2 amide bonds. The third-order valence-electron chi connectivity index (χ3n) is 5.25. The Bertz CT molecular complexity index is 1090. The molecule has 9 heteroatoms. The number of rotatable bonds is 8. The van der Waals surface area contributed by atoms with E-state index in [4.69, 9.17) is 4.74 Å². The first kappa shape index (κ1) is 21.9. The largest absolute Gasteiger partial charge is 0.442 e. The number of halogens is 1. The number of hydrogen-bond donors (Lipinski definition) is 1. The molecule has 0 aliphatic carbocycles. The molecule has 2 heterocycles. The lowest BCUT2D eigenvalue weighted by atomic mass is 10.0. The zero-order valence-electron chi connectivity index (χ0n) is 17.6. The molecule has 1 N–H and O–H groups in total. The maximum atomic E-state index is 14.9. The molecular formula is C23H23FN4O3S. The fraction of sp³-hybridized carbons (Fsp3) is 0.304. The Kier molecular flexibility index (Phi) is 6.75. The summed E-state index contributed by atoms with van der Waals surface area (Å²) in [5.74, 6) is 0.262. The summed E-state index contributed by atoms with van der Waals surface area (Å²) in [6.07, 6.45) is 1.68. The summed E-state index contributed by atoms with van der Waals surface area (Å²) in [5.41, 5.74) is 4.57. The monoisotopic (exact) mass is 454 g/mol. The summed E-state index contributed by atoms with van der Waals surface area (Å²) in [7, 11) is 0. The molecule has 1 atom stereocenters. The van der Waals surface area contributed by atoms with E-state index >= 15 is 0 Å². The lowest BCUT2D eigenvalue weighted by Gasteiger charge is -2.14. The third kappa shape index (κ3) is 5.28. The molecule has 1 aliphatic heterocycles. The molecule has 0 bridgehead atoms. The van der Waals surface area contributed by atoms with Gasteiger partial charge in [-0.1, -0.05) is 24.3 Å². The summed E-state index contributed by atoms with van der Waals surface area (Å²) in [6.45, 7) is 1.88. The predicted octanol–water partition coefficient (Wildman–Crippen LogP) is 3.98. The van der Waals surface area contributed by atoms with E-state index in [0.29, 0.717) is 11.3 Å². The molecule has 3 aromatic rings. The zero-order valence-corrected chi connectivity index (χ0v) is 18.4. The summed E-state index contributed by atoms with van der Waals surface area (Å²) < 4.78 is 24.3. The van der Waals surface area contributed by atoms with Gasteiger partial charge in [0.1, 0.15) is 23.3 Å². The number of anilines is 1. The van der Waals surface area contributed by atoms with Gasteiger partial charge in [0.2, 0.25) is 5.91 Å². The van der Waals surface area contributed by atoms with Crippen LogP contribution in [0.2, 0.25) is 0 Å². The van der Waals surface area contributed by atoms with Gasteiger partial charge in [-0.2, -0.15) is 4.37 Å². The van der Waals surface area contributed by atoms with Crippen molar-refractivity contribution in [2.75, 3.05) is 18.0 Å². The Morgan fingerprint density at radius 2 is 2.06 bits per heavy atom. The fourth-order valence-electron chi connectivity index (χ4n) is 3.61. The number of hydrogen-bond acceptors (Lipinski definition) is 6. The minimum absolute atomic E-state index is 0.197. The molecule has 32 heavy (non-hydrogen) atoms. The van der Waals surface area contributed by atoms with Crippen molar-refractivity contribution < 1.29 is 18.7 Å². The van der Waals surface area contributed by atoms with Gasteiger partial charge in [-0.05, 0) is 53.7 Å². The van der Waals surface area contributed by atoms with E-state index in [9.17, 15) is 14.0 Å². The summed E-state index contributed by atoms with van der Waals surface area (Å²) in [6, 6.07) is 12.5. The first-order valence-corrected chi connectivity index (χ1v) is 11.2. The maximum Gasteiger partial charge on any atom is 0.414 e. The Morgan fingerprint density at radius 3 is 2.75 bits per heavy atom. The average molecular weight is 455 g/mol. The predicted molar refractivity (Wildman–Crippen MR) is 120 cm³/mol. The molecule has 166 valence electrons. The van der Waals surface area contributed by atoms with Crippen LogP contribution < -0.4 is 10.2 Å². The first-order chi connectivity index (χ1) is 15.5. The van der Waals surface area contributed by atoms with Crippen LogP contribution in [-0.4, -0.2) is 40.6 Å². The number of ether oxygens (including phenoxy) is 1. The van der Waals surface area contributed by atoms with E-state index in [2.05, 4.69) is 14.7 Å². The van der Waals surface area contributed by atoms with Gasteiger partial charge in [0, 0.05) is 18.9 Å². The van der Waals surface area contributed by atoms with Crippen molar-refractivity contribution in [3.8, 4) is 11.1 Å². The highest BCUT2D eigenvalue weighted by molar-refractivity contribution is 7.03. The quantitative estimate of drug-likeness (QED) is 0.557. The standard InChI is InChI=1S/C23H23FN4O3S/c1-15(29)25-12-19-13-28(23(30)31-19)18-9-10-20(21(24)11-18)17-7-5-16(6-8-17)3-2-4-22-26-14-32-27-22/h5-11,14,19H,2-4,12-13H2,1H3,(H,25,29)/t19-/m0/s1. The van der Waals surface area contributed by atoms with E-state index in [0.717, 1.165) is 30.7 Å². The van der Waals surface area contributed by atoms with Gasteiger partial charge in [0.15, 0.2) is 0 Å². The molecule has 0 unspecified atom stereocenters. The SMILES string of the molecule is CC(=O)NC[C@H]1CN(c2ccc(-c3ccc(CCCc4ncsn4)cc3)c(F)c2)C(=O)O1. The number of aryl methyl sites for hydroxylation is 2. The minimum atomic E-state index is -0.551. The van der Waals surface area contributed by atoms with Gasteiger partial charge in [-0.3, -0.25) is 9.69 Å². The molecule has 7 nitrogen and oxygen atoms in total. The van der Waals surface area contributed by atoms with Crippen molar-refractivity contribution in [1.29, 1.82) is 0 Å². The molecule has 4 rings (SSSR count). The van der Waals surface area contributed by atoms with Crippen LogP contribution in [0.25, 0.3) is 11.1 Å². The highest BCUT2D eigenvalue weighted by atomic mass is 32.1. The van der Waals surface area contributed by atoms with Gasteiger partial charge in [-0.15, -0.1) is 0 Å². The van der Waals surface area contributed by atoms with Crippen LogP contribution in [0.5, 0.6) is 0 Å². The number of cyclic esters (lactones) is 1. The van der Waals surface area contributed by atoms with Crippen LogP contribution in [0, 0.1) is 5.82 Å². The van der Waals surface area contributed by atoms with Gasteiger partial charge < -0.3 is 10.1 Å². The normalized spacial score (nSPS) is 15.6. The number of nitrogens with zero attached hydrogens (tertiary/aromatic N) is 3. The number of benzene rings is 2. The zero-order chi connectivity index (χ0) is 22.5. The minimum Gasteiger partial charge on any atom is -0.442 e. The van der Waals surface area contributed by atoms with Crippen LogP contribution in [0.1, 0.15) is 24.7 Å². The summed E-state index contributed by atoms with van der Waals surface area (Å²) >= 11 is 1.36. The molecule has 0 saturated carbocycles. The second-order valence-corrected chi connectivity index (χ2v) is 8.22. The van der Waals surface area contributed by atoms with Crippen LogP contribution >= 0.6 is 11.5 Å². The molecule has 1 aliphatic rings. The lowest BCUT2D eigenvalue weighted by molar-refractivity contribution is -0.119. The number of nitrogens with one attached hydrogen (secondary N) is 1. The van der Waals surface area contributed by atoms with E-state index in [-0.39, 0.29) is 19.0 Å². The van der Waals surface area contributed by atoms with Crippen LogP contribution in [0.15, 0.2) is 48.0 Å².